The molecule has 0 aliphatic heterocycles. The molecule has 0 saturated heterocycles. The number of nitrogens with zero attached hydrogens (tertiary/aromatic N) is 6. The highest BCUT2D eigenvalue weighted by molar-refractivity contribution is 5.48. The SMILES string of the molecule is Cc1cc(C)n(-c2ccc(C(C)Nc3cc(C(F)(F)F)nc4ncnn34)cc2)n1. The number of hydrogen-bond donors (Lipinski definition) is 1. The monoisotopic (exact) mass is 401 g/mol. The lowest BCUT2D eigenvalue weighted by Gasteiger charge is -2.18. The predicted molar refractivity (Wildman–Crippen MR) is 101 cm³/mol. The van der Waals surface area contributed by atoms with Crippen molar-refractivity contribution in [2.75, 3.05) is 5.32 Å². The van der Waals surface area contributed by atoms with Crippen LogP contribution in [0.25, 0.3) is 11.5 Å². The van der Waals surface area contributed by atoms with Crippen molar-refractivity contribution in [2.45, 2.75) is 33.0 Å². The van der Waals surface area contributed by atoms with Crippen LogP contribution >= 0.6 is 0 Å². The first-order valence-corrected chi connectivity index (χ1v) is 8.90. The molecular weight excluding hydrogens is 383 g/mol. The Hall–Kier alpha value is -3.43. The van der Waals surface area contributed by atoms with Crippen LogP contribution in [0.1, 0.15) is 35.6 Å². The fraction of sp³-hybridized carbons (Fsp3) is 0.263. The molecule has 7 nitrogen and oxygen atoms in total. The topological polar surface area (TPSA) is 72.9 Å². The molecule has 1 atom stereocenters. The zero-order valence-electron chi connectivity index (χ0n) is 15.9. The molecule has 150 valence electrons. The number of aryl methyl sites for hydroxylation is 2. The van der Waals surface area contributed by atoms with Gasteiger partial charge in [0, 0.05) is 17.8 Å². The molecule has 1 N–H and O–H groups in total. The second kappa shape index (κ2) is 6.87. The van der Waals surface area contributed by atoms with E-state index in [-0.39, 0.29) is 17.6 Å². The summed E-state index contributed by atoms with van der Waals surface area (Å²) in [5.41, 5.74) is 2.73. The highest BCUT2D eigenvalue weighted by Gasteiger charge is 2.34. The number of rotatable bonds is 4. The molecule has 1 unspecified atom stereocenters. The van der Waals surface area contributed by atoms with Crippen molar-refractivity contribution >= 4 is 11.6 Å². The molecule has 0 aliphatic rings. The highest BCUT2D eigenvalue weighted by Crippen LogP contribution is 2.30. The van der Waals surface area contributed by atoms with E-state index in [1.54, 1.807) is 0 Å². The van der Waals surface area contributed by atoms with Crippen molar-refractivity contribution in [2.24, 2.45) is 0 Å². The van der Waals surface area contributed by atoms with Crippen LogP contribution in [0.4, 0.5) is 19.0 Å². The van der Waals surface area contributed by atoms with Crippen molar-refractivity contribution in [3.8, 4) is 5.69 Å². The van der Waals surface area contributed by atoms with Gasteiger partial charge in [0.15, 0.2) is 5.69 Å². The molecule has 0 fully saturated rings. The molecule has 3 aromatic heterocycles. The molecule has 4 aromatic rings. The first-order valence-electron chi connectivity index (χ1n) is 8.90. The Morgan fingerprint density at radius 2 is 1.79 bits per heavy atom. The lowest BCUT2D eigenvalue weighted by Crippen LogP contribution is -2.15. The van der Waals surface area contributed by atoms with Crippen LogP contribution in [0, 0.1) is 13.8 Å². The largest absolute Gasteiger partial charge is 0.433 e. The Kier molecular flexibility index (Phi) is 4.48. The van der Waals surface area contributed by atoms with Gasteiger partial charge in [-0.05, 0) is 44.5 Å². The van der Waals surface area contributed by atoms with Crippen molar-refractivity contribution in [1.82, 2.24) is 29.4 Å². The van der Waals surface area contributed by atoms with Gasteiger partial charge in [-0.1, -0.05) is 12.1 Å². The van der Waals surface area contributed by atoms with Gasteiger partial charge in [-0.3, -0.25) is 0 Å². The van der Waals surface area contributed by atoms with Gasteiger partial charge in [-0.2, -0.15) is 32.9 Å². The lowest BCUT2D eigenvalue weighted by molar-refractivity contribution is -0.141. The Labute approximate surface area is 164 Å². The molecular formula is C19H18F3N7. The minimum atomic E-state index is -4.57. The third kappa shape index (κ3) is 3.65. The molecule has 0 radical (unpaired) electrons. The van der Waals surface area contributed by atoms with Crippen LogP contribution in [0.5, 0.6) is 0 Å². The van der Waals surface area contributed by atoms with E-state index in [1.807, 2.05) is 55.8 Å². The molecule has 0 aliphatic carbocycles. The van der Waals surface area contributed by atoms with E-state index in [1.165, 1.54) is 10.8 Å². The summed E-state index contributed by atoms with van der Waals surface area (Å²) in [5.74, 6) is 0.0457. The van der Waals surface area contributed by atoms with Gasteiger partial charge < -0.3 is 5.32 Å². The second-order valence-electron chi connectivity index (χ2n) is 6.79. The van der Waals surface area contributed by atoms with Crippen LogP contribution in [0.3, 0.4) is 0 Å². The van der Waals surface area contributed by atoms with Gasteiger partial charge in [0.05, 0.1) is 11.4 Å². The van der Waals surface area contributed by atoms with Crippen LogP contribution in [0.15, 0.2) is 42.7 Å². The summed E-state index contributed by atoms with van der Waals surface area (Å²) in [6, 6.07) is 10.3. The zero-order chi connectivity index (χ0) is 20.8. The number of nitrogens with one attached hydrogen (secondary N) is 1. The van der Waals surface area contributed by atoms with Gasteiger partial charge in [0.1, 0.15) is 12.1 Å². The van der Waals surface area contributed by atoms with E-state index < -0.39 is 11.9 Å². The average Bonchev–Trinajstić information content (AvgIpc) is 3.27. The molecule has 4 rings (SSSR count). The summed E-state index contributed by atoms with van der Waals surface area (Å²) in [7, 11) is 0. The van der Waals surface area contributed by atoms with Crippen molar-refractivity contribution in [1.29, 1.82) is 0 Å². The average molecular weight is 401 g/mol. The lowest BCUT2D eigenvalue weighted by atomic mass is 10.1. The number of hydrogen-bond acceptors (Lipinski definition) is 5. The molecule has 0 spiro atoms. The third-order valence-corrected chi connectivity index (χ3v) is 4.55. The zero-order valence-corrected chi connectivity index (χ0v) is 15.9. The van der Waals surface area contributed by atoms with Crippen molar-refractivity contribution in [3.05, 3.63) is 65.4 Å². The third-order valence-electron chi connectivity index (χ3n) is 4.55. The van der Waals surface area contributed by atoms with Gasteiger partial charge in [-0.25, -0.2) is 9.67 Å². The van der Waals surface area contributed by atoms with Gasteiger partial charge in [0.25, 0.3) is 5.78 Å². The number of alkyl halides is 3. The number of anilines is 1. The summed E-state index contributed by atoms with van der Waals surface area (Å²) in [5, 5.41) is 11.5. The van der Waals surface area contributed by atoms with E-state index in [9.17, 15) is 13.2 Å². The molecule has 1 aromatic carbocycles. The van der Waals surface area contributed by atoms with Crippen LogP contribution in [-0.4, -0.2) is 29.4 Å². The molecule has 0 bridgehead atoms. The maximum absolute atomic E-state index is 13.1. The molecule has 10 heteroatoms. The summed E-state index contributed by atoms with van der Waals surface area (Å²) in [4.78, 5) is 7.30. The Morgan fingerprint density at radius 3 is 2.41 bits per heavy atom. The second-order valence-corrected chi connectivity index (χ2v) is 6.79. The number of fused-ring (bicyclic) bond motifs is 1. The normalized spacial score (nSPS) is 13.0. The predicted octanol–water partition coefficient (Wildman–Crippen LogP) is 4.12. The van der Waals surface area contributed by atoms with Crippen molar-refractivity contribution in [3.63, 3.8) is 0 Å². The molecule has 0 saturated carbocycles. The summed E-state index contributed by atoms with van der Waals surface area (Å²) >= 11 is 0. The van der Waals surface area contributed by atoms with Gasteiger partial charge in [-0.15, -0.1) is 0 Å². The smallest absolute Gasteiger partial charge is 0.363 e. The first kappa shape index (κ1) is 18.9. The van der Waals surface area contributed by atoms with Crippen molar-refractivity contribution < 1.29 is 13.2 Å². The number of benzene rings is 1. The minimum absolute atomic E-state index is 0.116. The van der Waals surface area contributed by atoms with E-state index in [0.717, 1.165) is 28.7 Å². The summed E-state index contributed by atoms with van der Waals surface area (Å²) in [6.45, 7) is 5.76. The van der Waals surface area contributed by atoms with E-state index >= 15 is 0 Å². The maximum Gasteiger partial charge on any atom is 0.433 e. The van der Waals surface area contributed by atoms with E-state index in [0.29, 0.717) is 0 Å². The van der Waals surface area contributed by atoms with Crippen LogP contribution in [0.2, 0.25) is 0 Å². The Balaban J connectivity index is 1.62. The van der Waals surface area contributed by atoms with E-state index in [4.69, 9.17) is 0 Å². The van der Waals surface area contributed by atoms with E-state index in [2.05, 4.69) is 25.5 Å². The molecule has 3 heterocycles. The quantitative estimate of drug-likeness (QED) is 0.557. The van der Waals surface area contributed by atoms with Gasteiger partial charge in [0.2, 0.25) is 0 Å². The number of aromatic nitrogens is 6. The molecule has 0 amide bonds. The first-order chi connectivity index (χ1) is 13.7. The van der Waals surface area contributed by atoms with Gasteiger partial charge >= 0.3 is 6.18 Å². The van der Waals surface area contributed by atoms with Crippen LogP contribution < -0.4 is 5.32 Å². The number of halogens is 3. The standard InChI is InChI=1S/C19H18F3N7/c1-11-8-12(2)28(27-11)15-6-4-14(5-7-15)13(3)25-17-9-16(19(20,21)22)26-18-23-10-24-29(17)18/h4-10,13,25H,1-3H3. The Morgan fingerprint density at radius 1 is 1.07 bits per heavy atom. The summed E-state index contributed by atoms with van der Waals surface area (Å²) in [6.07, 6.45) is -3.41. The van der Waals surface area contributed by atoms with Crippen LogP contribution in [-0.2, 0) is 6.18 Å². The fourth-order valence-corrected chi connectivity index (χ4v) is 3.16. The Bertz CT molecular complexity index is 1160. The maximum atomic E-state index is 13.1. The fourth-order valence-electron chi connectivity index (χ4n) is 3.16. The minimum Gasteiger partial charge on any atom is -0.363 e. The molecule has 29 heavy (non-hydrogen) atoms. The highest BCUT2D eigenvalue weighted by atomic mass is 19.4. The summed E-state index contributed by atoms with van der Waals surface area (Å²) < 4.78 is 42.5.